The van der Waals surface area contributed by atoms with Gasteiger partial charge in [-0.2, -0.15) is 0 Å². The minimum atomic E-state index is -1.22. The van der Waals surface area contributed by atoms with Crippen molar-refractivity contribution in [3.63, 3.8) is 0 Å². The Morgan fingerprint density at radius 2 is 1.96 bits per heavy atom. The number of carboxylic acid groups (broad SMARTS) is 1. The van der Waals surface area contributed by atoms with Crippen molar-refractivity contribution in [3.05, 3.63) is 35.9 Å². The smallest absolute Gasteiger partial charge is 0.407 e. The Kier molecular flexibility index (Phi) is 5.57. The summed E-state index contributed by atoms with van der Waals surface area (Å²) in [6.45, 7) is 6.07. The molecular weight excluding hydrogens is 324 g/mol. The van der Waals surface area contributed by atoms with E-state index >= 15 is 0 Å². The largest absolute Gasteiger partial charge is 0.465 e. The molecule has 2 atom stereocenters. The second-order valence-corrected chi connectivity index (χ2v) is 7.48. The number of rotatable bonds is 4. The fourth-order valence-electron chi connectivity index (χ4n) is 3.11. The van der Waals surface area contributed by atoms with E-state index in [9.17, 15) is 19.8 Å². The molecule has 1 heterocycles. The maximum absolute atomic E-state index is 11.9. The molecule has 1 saturated heterocycles. The van der Waals surface area contributed by atoms with Crippen LogP contribution in [-0.2, 0) is 11.3 Å². The fraction of sp³-hybridized carbons (Fsp3) is 0.556. The third-order valence-corrected chi connectivity index (χ3v) is 4.82. The highest BCUT2D eigenvalue weighted by molar-refractivity contribution is 5.67. The van der Waals surface area contributed by atoms with Crippen molar-refractivity contribution in [2.75, 3.05) is 19.6 Å². The summed E-state index contributed by atoms with van der Waals surface area (Å²) in [5, 5.41) is 22.9. The number of benzene rings is 1. The van der Waals surface area contributed by atoms with E-state index in [1.807, 2.05) is 51.1 Å². The monoisotopic (exact) mass is 350 g/mol. The first-order valence-electron chi connectivity index (χ1n) is 8.28. The van der Waals surface area contributed by atoms with Crippen LogP contribution in [0.1, 0.15) is 26.3 Å². The van der Waals surface area contributed by atoms with Crippen molar-refractivity contribution in [1.82, 2.24) is 10.2 Å². The molecule has 0 unspecified atom stereocenters. The minimum Gasteiger partial charge on any atom is -0.465 e. The van der Waals surface area contributed by atoms with Crippen LogP contribution in [0.2, 0.25) is 0 Å². The number of hydrogen-bond donors (Lipinski definition) is 3. The van der Waals surface area contributed by atoms with Crippen LogP contribution in [0.5, 0.6) is 0 Å². The molecule has 7 heteroatoms. The number of alkyl carbamates (subject to hydrolysis) is 1. The highest BCUT2D eigenvalue weighted by atomic mass is 16.5. The second kappa shape index (κ2) is 7.31. The number of hydrogen-bond acceptors (Lipinski definition) is 4. The molecule has 0 aromatic heterocycles. The van der Waals surface area contributed by atoms with Crippen LogP contribution in [0, 0.1) is 11.3 Å². The van der Waals surface area contributed by atoms with Gasteiger partial charge in [-0.1, -0.05) is 51.1 Å². The number of carbonyl (C=O) groups excluding carboxylic acids is 1. The van der Waals surface area contributed by atoms with Gasteiger partial charge < -0.3 is 25.2 Å². The predicted octanol–water partition coefficient (Wildman–Crippen LogP) is 2.30. The van der Waals surface area contributed by atoms with Gasteiger partial charge in [0, 0.05) is 19.0 Å². The normalized spacial score (nSPS) is 23.4. The molecular formula is C18H26N2O5. The second-order valence-electron chi connectivity index (χ2n) is 7.48. The third-order valence-electron chi connectivity index (χ3n) is 4.82. The SMILES string of the molecule is CC(C)(C)[C@@]1(O)CN(C(=O)O)C[C@@H]1CNC(=O)OCc1ccccc1. The van der Waals surface area contributed by atoms with E-state index in [4.69, 9.17) is 4.74 Å². The van der Waals surface area contributed by atoms with Gasteiger partial charge in [0.05, 0.1) is 12.1 Å². The number of amides is 2. The highest BCUT2D eigenvalue weighted by Gasteiger charge is 2.53. The van der Waals surface area contributed by atoms with Crippen LogP contribution in [0.15, 0.2) is 30.3 Å². The lowest BCUT2D eigenvalue weighted by Gasteiger charge is -2.40. The van der Waals surface area contributed by atoms with Crippen molar-refractivity contribution < 1.29 is 24.5 Å². The van der Waals surface area contributed by atoms with Gasteiger partial charge in [-0.25, -0.2) is 9.59 Å². The lowest BCUT2D eigenvalue weighted by Crippen LogP contribution is -2.53. The minimum absolute atomic E-state index is 0.0250. The van der Waals surface area contributed by atoms with Crippen molar-refractivity contribution in [2.45, 2.75) is 33.0 Å². The highest BCUT2D eigenvalue weighted by Crippen LogP contribution is 2.41. The molecule has 138 valence electrons. The molecule has 1 fully saturated rings. The molecule has 0 aliphatic carbocycles. The van der Waals surface area contributed by atoms with E-state index in [2.05, 4.69) is 5.32 Å². The first-order valence-corrected chi connectivity index (χ1v) is 8.28. The summed E-state index contributed by atoms with van der Waals surface area (Å²) in [5.41, 5.74) is -0.878. The number of nitrogens with one attached hydrogen (secondary N) is 1. The third kappa shape index (κ3) is 4.42. The standard InChI is InChI=1S/C18H26N2O5/c1-17(2,3)18(24)12-20(16(22)23)10-14(18)9-19-15(21)25-11-13-7-5-4-6-8-13/h4-8,14,24H,9-12H2,1-3H3,(H,19,21)(H,22,23)/t14-,18+/m0/s1. The number of nitrogens with zero attached hydrogens (tertiary/aromatic N) is 1. The lowest BCUT2D eigenvalue weighted by atomic mass is 9.70. The van der Waals surface area contributed by atoms with Crippen LogP contribution < -0.4 is 5.32 Å². The number of likely N-dealkylation sites (tertiary alicyclic amines) is 1. The van der Waals surface area contributed by atoms with Gasteiger partial charge in [-0.3, -0.25) is 0 Å². The summed E-state index contributed by atoms with van der Waals surface area (Å²) in [4.78, 5) is 24.4. The van der Waals surface area contributed by atoms with Gasteiger partial charge in [-0.05, 0) is 11.0 Å². The molecule has 2 amide bonds. The first-order chi connectivity index (χ1) is 11.6. The molecule has 1 aliphatic rings. The number of β-amino-alcohol motifs (C(OH)–C–C–N with tert-alkyl or cyclic N) is 1. The number of aliphatic hydroxyl groups is 1. The summed E-state index contributed by atoms with van der Waals surface area (Å²) < 4.78 is 5.15. The molecule has 3 N–H and O–H groups in total. The lowest BCUT2D eigenvalue weighted by molar-refractivity contribution is -0.0777. The molecule has 0 bridgehead atoms. The summed E-state index contributed by atoms with van der Waals surface area (Å²) in [6.07, 6.45) is -1.66. The average molecular weight is 350 g/mol. The Morgan fingerprint density at radius 1 is 1.32 bits per heavy atom. The van der Waals surface area contributed by atoms with Gasteiger partial charge in [0.15, 0.2) is 0 Å². The van der Waals surface area contributed by atoms with Crippen LogP contribution in [0.25, 0.3) is 0 Å². The van der Waals surface area contributed by atoms with E-state index in [0.29, 0.717) is 0 Å². The fourth-order valence-corrected chi connectivity index (χ4v) is 3.11. The Hall–Kier alpha value is -2.28. The van der Waals surface area contributed by atoms with Crippen molar-refractivity contribution in [1.29, 1.82) is 0 Å². The van der Waals surface area contributed by atoms with Crippen LogP contribution in [0.3, 0.4) is 0 Å². The van der Waals surface area contributed by atoms with Gasteiger partial charge >= 0.3 is 12.2 Å². The predicted molar refractivity (Wildman–Crippen MR) is 92.1 cm³/mol. The quantitative estimate of drug-likeness (QED) is 0.774. The Balaban J connectivity index is 1.93. The zero-order chi connectivity index (χ0) is 18.7. The zero-order valence-corrected chi connectivity index (χ0v) is 14.9. The van der Waals surface area contributed by atoms with E-state index in [1.54, 1.807) is 0 Å². The zero-order valence-electron chi connectivity index (χ0n) is 14.9. The summed E-state index contributed by atoms with van der Waals surface area (Å²) in [7, 11) is 0. The molecule has 0 radical (unpaired) electrons. The Bertz CT molecular complexity index is 614. The maximum Gasteiger partial charge on any atom is 0.407 e. The molecule has 7 nitrogen and oxygen atoms in total. The van der Waals surface area contributed by atoms with Gasteiger partial charge in [0.1, 0.15) is 6.61 Å². The van der Waals surface area contributed by atoms with E-state index < -0.39 is 29.1 Å². The molecule has 0 spiro atoms. The average Bonchev–Trinajstić information content (AvgIpc) is 2.90. The Morgan fingerprint density at radius 3 is 2.52 bits per heavy atom. The van der Waals surface area contributed by atoms with Gasteiger partial charge in [-0.15, -0.1) is 0 Å². The van der Waals surface area contributed by atoms with E-state index in [0.717, 1.165) is 5.56 Å². The van der Waals surface area contributed by atoms with Crippen LogP contribution in [-0.4, -0.2) is 52.5 Å². The van der Waals surface area contributed by atoms with Crippen LogP contribution in [0.4, 0.5) is 9.59 Å². The van der Waals surface area contributed by atoms with Crippen LogP contribution >= 0.6 is 0 Å². The van der Waals surface area contributed by atoms with Crippen molar-refractivity contribution in [3.8, 4) is 0 Å². The summed E-state index contributed by atoms with van der Waals surface area (Å²) >= 11 is 0. The Labute approximate surface area is 147 Å². The molecule has 1 aromatic carbocycles. The summed E-state index contributed by atoms with van der Waals surface area (Å²) in [5.74, 6) is -0.409. The maximum atomic E-state index is 11.9. The molecule has 0 saturated carbocycles. The van der Waals surface area contributed by atoms with E-state index in [-0.39, 0.29) is 26.2 Å². The van der Waals surface area contributed by atoms with Crippen molar-refractivity contribution in [2.24, 2.45) is 11.3 Å². The molecule has 1 aliphatic heterocycles. The van der Waals surface area contributed by atoms with Crippen molar-refractivity contribution >= 4 is 12.2 Å². The number of carbonyl (C=O) groups is 2. The topological polar surface area (TPSA) is 99.1 Å². The molecule has 25 heavy (non-hydrogen) atoms. The van der Waals surface area contributed by atoms with E-state index in [1.165, 1.54) is 4.90 Å². The van der Waals surface area contributed by atoms with Gasteiger partial charge in [0.25, 0.3) is 0 Å². The first kappa shape index (κ1) is 19.1. The number of ether oxygens (including phenoxy) is 1. The molecule has 1 aromatic rings. The molecule has 2 rings (SSSR count). The van der Waals surface area contributed by atoms with Gasteiger partial charge in [0.2, 0.25) is 0 Å². The summed E-state index contributed by atoms with van der Waals surface area (Å²) in [6, 6.07) is 9.31.